The number of hydrogen-bond acceptors (Lipinski definition) is 3. The SMILES string of the molecule is CCCC(NCc1c(Cl)c(CC)nn1CC)C(=O)O. The second kappa shape index (κ2) is 7.50. The molecule has 1 unspecified atom stereocenters. The van der Waals surface area contributed by atoms with E-state index in [1.807, 2.05) is 25.5 Å². The largest absolute Gasteiger partial charge is 0.480 e. The highest BCUT2D eigenvalue weighted by atomic mass is 35.5. The van der Waals surface area contributed by atoms with Gasteiger partial charge < -0.3 is 5.11 Å². The van der Waals surface area contributed by atoms with Crippen molar-refractivity contribution in [2.45, 2.75) is 59.2 Å². The van der Waals surface area contributed by atoms with Crippen LogP contribution in [0.1, 0.15) is 45.0 Å². The maximum Gasteiger partial charge on any atom is 0.320 e. The third kappa shape index (κ3) is 3.94. The Morgan fingerprint density at radius 3 is 2.63 bits per heavy atom. The van der Waals surface area contributed by atoms with Gasteiger partial charge >= 0.3 is 5.97 Å². The number of rotatable bonds is 8. The summed E-state index contributed by atoms with van der Waals surface area (Å²) in [6, 6.07) is -0.536. The van der Waals surface area contributed by atoms with Crippen molar-refractivity contribution in [1.82, 2.24) is 15.1 Å². The van der Waals surface area contributed by atoms with Gasteiger partial charge in [-0.3, -0.25) is 14.8 Å². The normalized spacial score (nSPS) is 12.6. The summed E-state index contributed by atoms with van der Waals surface area (Å²) in [4.78, 5) is 11.1. The average Bonchev–Trinajstić information content (AvgIpc) is 2.70. The number of hydrogen-bond donors (Lipinski definition) is 2. The van der Waals surface area contributed by atoms with E-state index >= 15 is 0 Å². The van der Waals surface area contributed by atoms with Crippen molar-refractivity contribution in [3.8, 4) is 0 Å². The Bertz CT molecular complexity index is 432. The molecule has 1 aromatic heterocycles. The van der Waals surface area contributed by atoms with Gasteiger partial charge in [-0.15, -0.1) is 0 Å². The van der Waals surface area contributed by atoms with E-state index in [0.29, 0.717) is 18.0 Å². The molecule has 0 aliphatic carbocycles. The third-order valence-corrected chi connectivity index (χ3v) is 3.52. The molecule has 19 heavy (non-hydrogen) atoms. The fourth-order valence-corrected chi connectivity index (χ4v) is 2.34. The number of nitrogens with zero attached hydrogens (tertiary/aromatic N) is 2. The molecule has 0 saturated carbocycles. The summed E-state index contributed by atoms with van der Waals surface area (Å²) in [6.45, 7) is 7.12. The molecule has 0 aromatic carbocycles. The summed E-state index contributed by atoms with van der Waals surface area (Å²) in [5.41, 5.74) is 1.73. The van der Waals surface area contributed by atoms with Crippen LogP contribution < -0.4 is 5.32 Å². The standard InChI is InChI=1S/C13H22ClN3O2/c1-4-7-10(13(18)19)15-8-11-12(14)9(5-2)16-17(11)6-3/h10,15H,4-8H2,1-3H3,(H,18,19). The minimum atomic E-state index is -0.823. The Morgan fingerprint density at radius 1 is 1.47 bits per heavy atom. The molecule has 5 nitrogen and oxygen atoms in total. The number of aliphatic carboxylic acids is 1. The lowest BCUT2D eigenvalue weighted by Crippen LogP contribution is -2.36. The molecule has 1 rings (SSSR count). The number of carboxylic acids is 1. The van der Waals surface area contributed by atoms with E-state index in [1.54, 1.807) is 0 Å². The molecule has 0 bridgehead atoms. The zero-order valence-electron chi connectivity index (χ0n) is 11.7. The Kier molecular flexibility index (Phi) is 6.31. The first-order chi connectivity index (χ1) is 9.04. The van der Waals surface area contributed by atoms with Crippen LogP contribution in [0.3, 0.4) is 0 Å². The van der Waals surface area contributed by atoms with Gasteiger partial charge in [0.25, 0.3) is 0 Å². The van der Waals surface area contributed by atoms with Crippen LogP contribution in [0, 0.1) is 0 Å². The molecule has 108 valence electrons. The van der Waals surface area contributed by atoms with Crippen molar-refractivity contribution in [1.29, 1.82) is 0 Å². The highest BCUT2D eigenvalue weighted by Gasteiger charge is 2.19. The first-order valence-electron chi connectivity index (χ1n) is 6.75. The van der Waals surface area contributed by atoms with Crippen molar-refractivity contribution in [2.24, 2.45) is 0 Å². The maximum absolute atomic E-state index is 11.1. The third-order valence-electron chi connectivity index (χ3n) is 3.09. The number of aryl methyl sites for hydroxylation is 2. The lowest BCUT2D eigenvalue weighted by Gasteiger charge is -2.14. The Balaban J connectivity index is 2.81. The van der Waals surface area contributed by atoms with Gasteiger partial charge in [-0.1, -0.05) is 31.9 Å². The molecular formula is C13H22ClN3O2. The van der Waals surface area contributed by atoms with E-state index in [-0.39, 0.29) is 0 Å². The highest BCUT2D eigenvalue weighted by molar-refractivity contribution is 6.31. The molecule has 6 heteroatoms. The van der Waals surface area contributed by atoms with E-state index in [0.717, 1.165) is 30.8 Å². The second-order valence-electron chi connectivity index (χ2n) is 4.44. The van der Waals surface area contributed by atoms with E-state index < -0.39 is 12.0 Å². The maximum atomic E-state index is 11.1. The van der Waals surface area contributed by atoms with Gasteiger partial charge in [0.2, 0.25) is 0 Å². The zero-order chi connectivity index (χ0) is 14.4. The van der Waals surface area contributed by atoms with Gasteiger partial charge in [0.1, 0.15) is 6.04 Å². The number of halogens is 1. The van der Waals surface area contributed by atoms with Crippen molar-refractivity contribution in [2.75, 3.05) is 0 Å². The minimum absolute atomic E-state index is 0.427. The molecule has 0 fully saturated rings. The van der Waals surface area contributed by atoms with Crippen LogP contribution in [-0.4, -0.2) is 26.9 Å². The Morgan fingerprint density at radius 2 is 2.16 bits per heavy atom. The fraction of sp³-hybridized carbons (Fsp3) is 0.692. The van der Waals surface area contributed by atoms with Crippen LogP contribution >= 0.6 is 11.6 Å². The summed E-state index contributed by atoms with van der Waals surface area (Å²) in [6.07, 6.45) is 2.20. The molecular weight excluding hydrogens is 266 g/mol. The fourth-order valence-electron chi connectivity index (χ4n) is 2.01. The first kappa shape index (κ1) is 16.0. The smallest absolute Gasteiger partial charge is 0.320 e. The topological polar surface area (TPSA) is 67.2 Å². The molecule has 1 aromatic rings. The van der Waals surface area contributed by atoms with Crippen LogP contribution in [0.2, 0.25) is 5.02 Å². The van der Waals surface area contributed by atoms with E-state index in [1.165, 1.54) is 0 Å². The Hall–Kier alpha value is -1.07. The molecule has 0 radical (unpaired) electrons. The van der Waals surface area contributed by atoms with Gasteiger partial charge in [0, 0.05) is 13.1 Å². The second-order valence-corrected chi connectivity index (χ2v) is 4.82. The summed E-state index contributed by atoms with van der Waals surface area (Å²) in [5.74, 6) is -0.823. The summed E-state index contributed by atoms with van der Waals surface area (Å²) < 4.78 is 1.83. The van der Waals surface area contributed by atoms with E-state index in [2.05, 4.69) is 10.4 Å². The van der Waals surface area contributed by atoms with Crippen LogP contribution in [-0.2, 0) is 24.3 Å². The number of nitrogens with one attached hydrogen (secondary N) is 1. The van der Waals surface area contributed by atoms with Crippen LogP contribution in [0.25, 0.3) is 0 Å². The molecule has 2 N–H and O–H groups in total. The van der Waals surface area contributed by atoms with Gasteiger partial charge in [-0.2, -0.15) is 5.10 Å². The summed E-state index contributed by atoms with van der Waals surface area (Å²) >= 11 is 6.28. The summed E-state index contributed by atoms with van der Waals surface area (Å²) in [5, 5.41) is 17.2. The van der Waals surface area contributed by atoms with E-state index in [9.17, 15) is 4.79 Å². The monoisotopic (exact) mass is 287 g/mol. The number of carboxylic acid groups (broad SMARTS) is 1. The predicted molar refractivity (Wildman–Crippen MR) is 75.5 cm³/mol. The lowest BCUT2D eigenvalue weighted by atomic mass is 10.1. The molecule has 0 spiro atoms. The first-order valence-corrected chi connectivity index (χ1v) is 7.13. The number of carbonyl (C=O) groups is 1. The molecule has 0 aliphatic rings. The van der Waals surface area contributed by atoms with Crippen molar-refractivity contribution < 1.29 is 9.90 Å². The average molecular weight is 288 g/mol. The van der Waals surface area contributed by atoms with Gasteiger partial charge in [0.05, 0.1) is 16.4 Å². The Labute approximate surface area is 118 Å². The lowest BCUT2D eigenvalue weighted by molar-refractivity contribution is -0.139. The van der Waals surface area contributed by atoms with Crippen LogP contribution in [0.5, 0.6) is 0 Å². The van der Waals surface area contributed by atoms with Crippen molar-refractivity contribution in [3.05, 3.63) is 16.4 Å². The molecule has 0 amide bonds. The van der Waals surface area contributed by atoms with E-state index in [4.69, 9.17) is 16.7 Å². The molecule has 0 aliphatic heterocycles. The molecule has 0 saturated heterocycles. The van der Waals surface area contributed by atoms with Gasteiger partial charge in [-0.25, -0.2) is 0 Å². The zero-order valence-corrected chi connectivity index (χ0v) is 12.5. The minimum Gasteiger partial charge on any atom is -0.480 e. The predicted octanol–water partition coefficient (Wildman–Crippen LogP) is 2.46. The van der Waals surface area contributed by atoms with Crippen LogP contribution in [0.15, 0.2) is 0 Å². The van der Waals surface area contributed by atoms with Gasteiger partial charge in [-0.05, 0) is 19.8 Å². The summed E-state index contributed by atoms with van der Waals surface area (Å²) in [7, 11) is 0. The van der Waals surface area contributed by atoms with Crippen molar-refractivity contribution in [3.63, 3.8) is 0 Å². The molecule has 1 heterocycles. The molecule has 1 atom stereocenters. The van der Waals surface area contributed by atoms with Crippen molar-refractivity contribution >= 4 is 17.6 Å². The quantitative estimate of drug-likeness (QED) is 0.771. The number of aromatic nitrogens is 2. The van der Waals surface area contributed by atoms with Crippen LogP contribution in [0.4, 0.5) is 0 Å². The van der Waals surface area contributed by atoms with Gasteiger partial charge in [0.15, 0.2) is 0 Å². The highest BCUT2D eigenvalue weighted by Crippen LogP contribution is 2.21.